The summed E-state index contributed by atoms with van der Waals surface area (Å²) >= 11 is 2.70. The quantitative estimate of drug-likeness (QED) is 0.716. The van der Waals surface area contributed by atoms with Crippen molar-refractivity contribution in [1.82, 2.24) is 9.88 Å². The average molecular weight is 418 g/mol. The Bertz CT molecular complexity index is 968. The zero-order valence-corrected chi connectivity index (χ0v) is 17.2. The molecule has 1 aromatic carbocycles. The largest absolute Gasteiger partial charge is 0.479 e. The van der Waals surface area contributed by atoms with Gasteiger partial charge in [0.05, 0.1) is 10.6 Å². The molecule has 9 heteroatoms. The number of thioether (sulfide) groups is 1. The molecule has 0 aliphatic carbocycles. The van der Waals surface area contributed by atoms with Crippen LogP contribution in [0, 0.1) is 6.92 Å². The Kier molecular flexibility index (Phi) is 6.15. The number of aliphatic imine (C=N–C) groups is 1. The monoisotopic (exact) mass is 417 g/mol. The van der Waals surface area contributed by atoms with Crippen LogP contribution in [-0.2, 0) is 9.59 Å². The summed E-state index contributed by atoms with van der Waals surface area (Å²) in [5, 5.41) is 12.2. The highest BCUT2D eigenvalue weighted by Crippen LogP contribution is 2.34. The van der Waals surface area contributed by atoms with Crippen LogP contribution in [0.2, 0.25) is 0 Å². The van der Waals surface area contributed by atoms with Gasteiger partial charge in [-0.25, -0.2) is 9.78 Å². The molecule has 3 rings (SSSR count). The highest BCUT2D eigenvalue weighted by molar-refractivity contribution is 8.18. The van der Waals surface area contributed by atoms with Crippen molar-refractivity contribution in [1.29, 1.82) is 0 Å². The Hall–Kier alpha value is -2.65. The second kappa shape index (κ2) is 8.57. The number of thiazole rings is 1. The van der Waals surface area contributed by atoms with Crippen LogP contribution in [0.5, 0.6) is 5.75 Å². The van der Waals surface area contributed by atoms with E-state index in [1.165, 1.54) is 28.0 Å². The first-order chi connectivity index (χ1) is 13.4. The molecular weight excluding hydrogens is 398 g/mol. The lowest BCUT2D eigenvalue weighted by atomic mass is 10.2. The second-order valence-corrected chi connectivity index (χ2v) is 7.91. The van der Waals surface area contributed by atoms with Gasteiger partial charge in [-0.05, 0) is 48.9 Å². The van der Waals surface area contributed by atoms with Gasteiger partial charge in [-0.2, -0.15) is 4.99 Å². The molecular formula is C19H19N3O4S2. The normalized spacial score (nSPS) is 18.1. The molecule has 2 heterocycles. The number of likely N-dealkylation sites (N-methyl/N-ethyl adjacent to an activating group) is 1. The Labute approximate surface area is 170 Å². The first-order valence-corrected chi connectivity index (χ1v) is 10.2. The fraction of sp³-hybridized carbons (Fsp3) is 0.263. The van der Waals surface area contributed by atoms with E-state index in [2.05, 4.69) is 9.98 Å². The van der Waals surface area contributed by atoms with Crippen LogP contribution in [0.15, 0.2) is 39.5 Å². The number of aryl methyl sites for hydroxylation is 1. The van der Waals surface area contributed by atoms with Gasteiger partial charge in [0.15, 0.2) is 11.3 Å². The second-order valence-electron chi connectivity index (χ2n) is 6.07. The van der Waals surface area contributed by atoms with E-state index in [1.54, 1.807) is 38.2 Å². The van der Waals surface area contributed by atoms with Crippen molar-refractivity contribution < 1.29 is 19.4 Å². The number of aromatic nitrogens is 1. The van der Waals surface area contributed by atoms with Crippen LogP contribution in [0.25, 0.3) is 6.08 Å². The topological polar surface area (TPSA) is 92.1 Å². The summed E-state index contributed by atoms with van der Waals surface area (Å²) in [5.74, 6) is -0.715. The van der Waals surface area contributed by atoms with Crippen LogP contribution < -0.4 is 4.74 Å². The number of carbonyl (C=O) groups excluding carboxylic acids is 1. The number of aliphatic carboxylic acids is 1. The summed E-state index contributed by atoms with van der Waals surface area (Å²) in [6.07, 6.45) is 1.20. The van der Waals surface area contributed by atoms with Gasteiger partial charge < -0.3 is 9.84 Å². The number of carboxylic acids is 1. The number of nitrogens with zero attached hydrogens (tertiary/aromatic N) is 3. The van der Waals surface area contributed by atoms with Crippen LogP contribution in [0.1, 0.15) is 24.6 Å². The van der Waals surface area contributed by atoms with Gasteiger partial charge in [0, 0.05) is 12.4 Å². The number of hydrogen-bond donors (Lipinski definition) is 1. The zero-order chi connectivity index (χ0) is 20.3. The van der Waals surface area contributed by atoms with Gasteiger partial charge >= 0.3 is 5.97 Å². The van der Waals surface area contributed by atoms with Crippen LogP contribution in [0.4, 0.5) is 5.13 Å². The van der Waals surface area contributed by atoms with Gasteiger partial charge in [0.25, 0.3) is 5.91 Å². The number of ether oxygens (including phenoxy) is 1. The van der Waals surface area contributed by atoms with E-state index < -0.39 is 12.1 Å². The molecule has 0 spiro atoms. The lowest BCUT2D eigenvalue weighted by molar-refractivity contribution is -0.145. The predicted molar refractivity (Wildman–Crippen MR) is 111 cm³/mol. The molecule has 1 fully saturated rings. The van der Waals surface area contributed by atoms with Gasteiger partial charge in [-0.15, -0.1) is 11.3 Å². The number of carbonyl (C=O) groups is 2. The molecule has 0 radical (unpaired) electrons. The number of benzene rings is 1. The molecule has 2 aromatic rings. The fourth-order valence-electron chi connectivity index (χ4n) is 2.43. The van der Waals surface area contributed by atoms with Crippen molar-refractivity contribution in [3.05, 3.63) is 45.8 Å². The lowest BCUT2D eigenvalue weighted by Crippen LogP contribution is -2.25. The molecule has 1 aromatic heterocycles. The maximum atomic E-state index is 12.5. The van der Waals surface area contributed by atoms with Crippen LogP contribution in [0.3, 0.4) is 0 Å². The summed E-state index contributed by atoms with van der Waals surface area (Å²) in [6, 6.07) is 7.00. The van der Waals surface area contributed by atoms with Crippen LogP contribution >= 0.6 is 23.1 Å². The van der Waals surface area contributed by atoms with E-state index in [0.29, 0.717) is 27.4 Å². The molecule has 0 saturated carbocycles. The first kappa shape index (κ1) is 20.1. The molecule has 1 unspecified atom stereocenters. The van der Waals surface area contributed by atoms with Gasteiger partial charge in [0.2, 0.25) is 5.13 Å². The third-order valence-corrected chi connectivity index (χ3v) is 5.79. The van der Waals surface area contributed by atoms with E-state index >= 15 is 0 Å². The van der Waals surface area contributed by atoms with Crippen LogP contribution in [-0.4, -0.2) is 45.2 Å². The van der Waals surface area contributed by atoms with E-state index in [4.69, 9.17) is 9.84 Å². The standard InChI is InChI=1S/C19H19N3O4S2/c1-4-14(17(24)25)26-13-7-5-6-12(8-13)9-15-16(23)22(3)19(28-15)21-18-20-11(2)10-27-18/h5-10,14H,4H2,1-3H3,(H,24,25)/b15-9+,21-19+. The third-order valence-electron chi connectivity index (χ3n) is 3.88. The Balaban J connectivity index is 1.81. The minimum atomic E-state index is -1.01. The number of carboxylic acid groups (broad SMARTS) is 1. The first-order valence-electron chi connectivity index (χ1n) is 8.55. The number of amidine groups is 1. The highest BCUT2D eigenvalue weighted by Gasteiger charge is 2.30. The molecule has 1 atom stereocenters. The van der Waals surface area contributed by atoms with Gasteiger partial charge in [-0.3, -0.25) is 9.69 Å². The lowest BCUT2D eigenvalue weighted by Gasteiger charge is -2.13. The Morgan fingerprint density at radius 1 is 1.46 bits per heavy atom. The summed E-state index contributed by atoms with van der Waals surface area (Å²) in [7, 11) is 1.67. The Morgan fingerprint density at radius 3 is 2.89 bits per heavy atom. The van der Waals surface area contributed by atoms with E-state index in [9.17, 15) is 9.59 Å². The van der Waals surface area contributed by atoms with Crippen molar-refractivity contribution in [3.63, 3.8) is 0 Å². The predicted octanol–water partition coefficient (Wildman–Crippen LogP) is 3.93. The molecule has 1 aliphatic rings. The number of amides is 1. The SMILES string of the molecule is CCC(Oc1cccc(/C=C2/S/C(=N/c3nc(C)cs3)N(C)C2=O)c1)C(=O)O. The molecule has 7 nitrogen and oxygen atoms in total. The van der Waals surface area contributed by atoms with Crippen molar-refractivity contribution in [2.45, 2.75) is 26.4 Å². The average Bonchev–Trinajstić information content (AvgIpc) is 3.18. The van der Waals surface area contributed by atoms with Crippen molar-refractivity contribution in [2.75, 3.05) is 7.05 Å². The molecule has 1 N–H and O–H groups in total. The molecule has 0 bridgehead atoms. The van der Waals surface area contributed by atoms with E-state index in [-0.39, 0.29) is 5.91 Å². The molecule has 1 saturated heterocycles. The number of hydrogen-bond acceptors (Lipinski definition) is 7. The van der Waals surface area contributed by atoms with Crippen molar-refractivity contribution >= 4 is 51.4 Å². The Morgan fingerprint density at radius 2 is 2.25 bits per heavy atom. The summed E-state index contributed by atoms with van der Waals surface area (Å²) < 4.78 is 5.52. The summed E-state index contributed by atoms with van der Waals surface area (Å²) in [6.45, 7) is 3.64. The molecule has 1 amide bonds. The smallest absolute Gasteiger partial charge is 0.344 e. The van der Waals surface area contributed by atoms with E-state index in [0.717, 1.165) is 11.3 Å². The third kappa shape index (κ3) is 4.60. The summed E-state index contributed by atoms with van der Waals surface area (Å²) in [4.78, 5) is 34.5. The maximum absolute atomic E-state index is 12.5. The molecule has 146 valence electrons. The fourth-order valence-corrected chi connectivity index (χ4v) is 4.12. The number of rotatable bonds is 6. The highest BCUT2D eigenvalue weighted by atomic mass is 32.2. The van der Waals surface area contributed by atoms with E-state index in [1.807, 2.05) is 18.4 Å². The zero-order valence-electron chi connectivity index (χ0n) is 15.6. The van der Waals surface area contributed by atoms with Crippen molar-refractivity contribution in [3.8, 4) is 5.75 Å². The van der Waals surface area contributed by atoms with Gasteiger partial charge in [-0.1, -0.05) is 19.1 Å². The molecule has 28 heavy (non-hydrogen) atoms. The maximum Gasteiger partial charge on any atom is 0.344 e. The van der Waals surface area contributed by atoms with Gasteiger partial charge in [0.1, 0.15) is 5.75 Å². The minimum absolute atomic E-state index is 0.152. The molecule has 1 aliphatic heterocycles. The minimum Gasteiger partial charge on any atom is -0.479 e. The summed E-state index contributed by atoms with van der Waals surface area (Å²) in [5.41, 5.74) is 1.63. The van der Waals surface area contributed by atoms with Crippen molar-refractivity contribution in [2.24, 2.45) is 4.99 Å².